The smallest absolute Gasteiger partial charge is 0.226 e. The maximum Gasteiger partial charge on any atom is 0.226 e. The minimum Gasteiger partial charge on any atom is -0.340 e. The van der Waals surface area contributed by atoms with Gasteiger partial charge in [-0.1, -0.05) is 43.0 Å². The molecule has 1 aromatic heterocycles. The van der Waals surface area contributed by atoms with Gasteiger partial charge in [0.25, 0.3) is 0 Å². The van der Waals surface area contributed by atoms with Crippen molar-refractivity contribution in [3.8, 4) is 11.3 Å². The van der Waals surface area contributed by atoms with Crippen molar-refractivity contribution in [3.63, 3.8) is 0 Å². The summed E-state index contributed by atoms with van der Waals surface area (Å²) in [5.74, 6) is 0.529. The third-order valence-corrected chi connectivity index (χ3v) is 6.83. The van der Waals surface area contributed by atoms with E-state index in [4.69, 9.17) is 21.4 Å². The summed E-state index contributed by atoms with van der Waals surface area (Å²) in [7, 11) is 1.52. The zero-order valence-corrected chi connectivity index (χ0v) is 18.5. The molecule has 2 aromatic carbocycles. The monoisotopic (exact) mass is 438 g/mol. The van der Waals surface area contributed by atoms with E-state index in [0.29, 0.717) is 30.5 Å². The summed E-state index contributed by atoms with van der Waals surface area (Å²) >= 11 is 6.30. The molecule has 0 unspecified atom stereocenters. The average Bonchev–Trinajstić information content (AvgIpc) is 3.09. The first kappa shape index (κ1) is 20.6. The van der Waals surface area contributed by atoms with Crippen molar-refractivity contribution in [3.05, 3.63) is 52.5 Å². The highest BCUT2D eigenvalue weighted by Crippen LogP contribution is 2.46. The largest absolute Gasteiger partial charge is 0.340 e. The van der Waals surface area contributed by atoms with Gasteiger partial charge in [0.15, 0.2) is 0 Å². The summed E-state index contributed by atoms with van der Waals surface area (Å²) in [5.41, 5.74) is 6.67. The van der Waals surface area contributed by atoms with Crippen LogP contribution in [0.3, 0.4) is 0 Å². The number of fused-ring (bicyclic) bond motifs is 5. The Bertz CT molecular complexity index is 1130. The molecule has 0 atom stereocenters. The second kappa shape index (κ2) is 8.65. The van der Waals surface area contributed by atoms with Crippen molar-refractivity contribution in [1.82, 2.24) is 4.57 Å². The molecule has 0 bridgehead atoms. The highest BCUT2D eigenvalue weighted by atomic mass is 35.5. The molecular formula is C25H27ClN2O3. The van der Waals surface area contributed by atoms with Gasteiger partial charge in [0, 0.05) is 34.5 Å². The first-order chi connectivity index (χ1) is 15.2. The fraction of sp³-hybridized carbons (Fsp3) is 0.400. The highest BCUT2D eigenvalue weighted by Gasteiger charge is 2.29. The SMILES string of the molecule is COOCc1ccc2c(C3CCCCC3)c3n(c2c1)CCC(=O)Nc1cc(Cl)ccc1-3. The van der Waals surface area contributed by atoms with Crippen molar-refractivity contribution >= 4 is 34.1 Å². The van der Waals surface area contributed by atoms with Crippen LogP contribution in [0.25, 0.3) is 22.2 Å². The molecule has 162 valence electrons. The number of benzene rings is 2. The van der Waals surface area contributed by atoms with Crippen molar-refractivity contribution in [2.75, 3.05) is 12.4 Å². The number of hydrogen-bond acceptors (Lipinski definition) is 3. The summed E-state index contributed by atoms with van der Waals surface area (Å²) < 4.78 is 2.33. The zero-order chi connectivity index (χ0) is 21.4. The van der Waals surface area contributed by atoms with Crippen LogP contribution in [0.4, 0.5) is 5.69 Å². The van der Waals surface area contributed by atoms with Gasteiger partial charge in [-0.15, -0.1) is 0 Å². The van der Waals surface area contributed by atoms with Crippen LogP contribution >= 0.6 is 11.6 Å². The minimum atomic E-state index is 0.00843. The number of aryl methyl sites for hydroxylation is 1. The third-order valence-electron chi connectivity index (χ3n) is 6.60. The molecule has 2 heterocycles. The number of rotatable bonds is 4. The van der Waals surface area contributed by atoms with E-state index in [0.717, 1.165) is 22.3 Å². The van der Waals surface area contributed by atoms with Gasteiger partial charge in [0.1, 0.15) is 6.61 Å². The van der Waals surface area contributed by atoms with Gasteiger partial charge >= 0.3 is 0 Å². The standard InChI is InChI=1S/C25H27ClN2O3/c1-30-31-15-16-7-9-20-22(13-16)28-12-11-23(29)27-21-14-18(26)8-10-19(21)25(28)24(20)17-5-3-2-4-6-17/h7-10,13-14,17H,2-6,11-12,15H2,1H3,(H,27,29). The molecule has 2 aliphatic rings. The van der Waals surface area contributed by atoms with E-state index in [2.05, 4.69) is 34.1 Å². The zero-order valence-electron chi connectivity index (χ0n) is 17.7. The van der Waals surface area contributed by atoms with Crippen LogP contribution in [0.1, 0.15) is 55.6 Å². The highest BCUT2D eigenvalue weighted by molar-refractivity contribution is 6.31. The van der Waals surface area contributed by atoms with Gasteiger partial charge in [-0.2, -0.15) is 0 Å². The second-order valence-electron chi connectivity index (χ2n) is 8.52. The van der Waals surface area contributed by atoms with Gasteiger partial charge in [0.2, 0.25) is 5.91 Å². The van der Waals surface area contributed by atoms with E-state index >= 15 is 0 Å². The molecule has 1 amide bonds. The molecule has 5 nitrogen and oxygen atoms in total. The summed E-state index contributed by atoms with van der Waals surface area (Å²) in [6.07, 6.45) is 6.67. The molecule has 6 heteroatoms. The van der Waals surface area contributed by atoms with Crippen LogP contribution in [0.15, 0.2) is 36.4 Å². The topological polar surface area (TPSA) is 52.5 Å². The minimum absolute atomic E-state index is 0.00843. The lowest BCUT2D eigenvalue weighted by Crippen LogP contribution is -2.19. The quantitative estimate of drug-likeness (QED) is 0.377. The number of aromatic nitrogens is 1. The van der Waals surface area contributed by atoms with E-state index in [9.17, 15) is 4.79 Å². The van der Waals surface area contributed by atoms with E-state index in [1.54, 1.807) is 0 Å². The number of hydrogen-bond donors (Lipinski definition) is 1. The first-order valence-corrected chi connectivity index (χ1v) is 11.4. The Labute approximate surface area is 187 Å². The molecule has 1 N–H and O–H groups in total. The summed E-state index contributed by atoms with van der Waals surface area (Å²) in [5, 5.41) is 4.99. The molecule has 0 spiro atoms. The lowest BCUT2D eigenvalue weighted by molar-refractivity contribution is -0.282. The Balaban J connectivity index is 1.78. The summed E-state index contributed by atoms with van der Waals surface area (Å²) in [6.45, 7) is 1.03. The maximum absolute atomic E-state index is 12.6. The van der Waals surface area contributed by atoms with E-state index < -0.39 is 0 Å². The number of amides is 1. The second-order valence-corrected chi connectivity index (χ2v) is 8.95. The van der Waals surface area contributed by atoms with Crippen LogP contribution in [-0.2, 0) is 27.7 Å². The van der Waals surface area contributed by atoms with Gasteiger partial charge in [-0.3, -0.25) is 4.79 Å². The fourth-order valence-electron chi connectivity index (χ4n) is 5.22. The Hall–Kier alpha value is -2.34. The lowest BCUT2D eigenvalue weighted by atomic mass is 9.81. The van der Waals surface area contributed by atoms with Gasteiger partial charge in [-0.25, -0.2) is 9.78 Å². The van der Waals surface area contributed by atoms with E-state index in [1.165, 1.54) is 55.9 Å². The molecule has 0 radical (unpaired) electrons. The molecule has 1 saturated carbocycles. The van der Waals surface area contributed by atoms with Crippen LogP contribution in [0.5, 0.6) is 0 Å². The number of anilines is 1. The van der Waals surface area contributed by atoms with E-state index in [1.807, 2.05) is 12.1 Å². The van der Waals surface area contributed by atoms with Crippen LogP contribution < -0.4 is 5.32 Å². The fourth-order valence-corrected chi connectivity index (χ4v) is 5.39. The van der Waals surface area contributed by atoms with Crippen molar-refractivity contribution in [1.29, 1.82) is 0 Å². The van der Waals surface area contributed by atoms with Crippen LogP contribution in [0.2, 0.25) is 5.02 Å². The van der Waals surface area contributed by atoms with E-state index in [-0.39, 0.29) is 5.91 Å². The van der Waals surface area contributed by atoms with Crippen molar-refractivity contribution in [2.24, 2.45) is 0 Å². The van der Waals surface area contributed by atoms with Crippen LogP contribution in [0, 0.1) is 0 Å². The predicted molar refractivity (Wildman–Crippen MR) is 123 cm³/mol. The Morgan fingerprint density at radius 1 is 1.13 bits per heavy atom. The molecule has 5 rings (SSSR count). The number of halogens is 1. The Kier molecular flexibility index (Phi) is 5.74. The number of nitrogens with one attached hydrogen (secondary N) is 1. The third kappa shape index (κ3) is 3.86. The number of carbonyl (C=O) groups is 1. The molecule has 1 aliphatic carbocycles. The summed E-state index contributed by atoms with van der Waals surface area (Å²) in [6, 6.07) is 12.3. The number of nitrogens with zero attached hydrogens (tertiary/aromatic N) is 1. The normalized spacial score (nSPS) is 17.0. The molecule has 0 saturated heterocycles. The molecule has 1 aliphatic heterocycles. The Morgan fingerprint density at radius 3 is 2.77 bits per heavy atom. The average molecular weight is 439 g/mol. The predicted octanol–water partition coefficient (Wildman–Crippen LogP) is 6.43. The first-order valence-electron chi connectivity index (χ1n) is 11.1. The Morgan fingerprint density at radius 2 is 1.97 bits per heavy atom. The van der Waals surface area contributed by atoms with Gasteiger partial charge in [-0.05, 0) is 54.2 Å². The number of carbonyl (C=O) groups excluding carboxylic acids is 1. The molecule has 1 fully saturated rings. The molecular weight excluding hydrogens is 412 g/mol. The van der Waals surface area contributed by atoms with Crippen LogP contribution in [-0.4, -0.2) is 17.6 Å². The van der Waals surface area contributed by atoms with Crippen molar-refractivity contribution in [2.45, 2.75) is 57.6 Å². The van der Waals surface area contributed by atoms with Crippen molar-refractivity contribution < 1.29 is 14.6 Å². The summed E-state index contributed by atoms with van der Waals surface area (Å²) in [4.78, 5) is 22.6. The molecule has 3 aromatic rings. The van der Waals surface area contributed by atoms with Gasteiger partial charge in [0.05, 0.1) is 18.5 Å². The lowest BCUT2D eigenvalue weighted by Gasteiger charge is -2.25. The van der Waals surface area contributed by atoms with Gasteiger partial charge < -0.3 is 9.88 Å². The maximum atomic E-state index is 12.6. The molecule has 31 heavy (non-hydrogen) atoms.